The lowest BCUT2D eigenvalue weighted by Crippen LogP contribution is -2.61. The lowest BCUT2D eigenvalue weighted by molar-refractivity contribution is -0.298. The van der Waals surface area contributed by atoms with Crippen molar-refractivity contribution in [3.63, 3.8) is 0 Å². The van der Waals surface area contributed by atoms with Crippen molar-refractivity contribution in [2.24, 2.45) is 0 Å². The fraction of sp³-hybridized carbons (Fsp3) is 0.936. The number of rotatable bonds is 42. The molecule has 0 aromatic carbocycles. The van der Waals surface area contributed by atoms with Crippen molar-refractivity contribution in [3.05, 3.63) is 12.2 Å². The minimum Gasteiger partial charge on any atom is -0.394 e. The summed E-state index contributed by atoms with van der Waals surface area (Å²) in [5, 5.41) is 44.8. The average Bonchev–Trinajstić information content (AvgIpc) is 3.22. The van der Waals surface area contributed by atoms with Gasteiger partial charge in [-0.2, -0.15) is 8.42 Å². The predicted molar refractivity (Wildman–Crippen MR) is 241 cm³/mol. The molecule has 356 valence electrons. The van der Waals surface area contributed by atoms with Gasteiger partial charge in [-0.05, 0) is 32.1 Å². The molecule has 13 heteroatoms. The number of amides is 1. The fourth-order valence-electron chi connectivity index (χ4n) is 7.99. The molecular weight excluding hydrogens is 787 g/mol. The molecule has 7 atom stereocenters. The lowest BCUT2D eigenvalue weighted by Gasteiger charge is -2.41. The second-order valence-electron chi connectivity index (χ2n) is 17.4. The zero-order valence-corrected chi connectivity index (χ0v) is 38.9. The van der Waals surface area contributed by atoms with Crippen LogP contribution in [0.1, 0.15) is 226 Å². The van der Waals surface area contributed by atoms with Crippen LogP contribution in [0.15, 0.2) is 12.2 Å². The van der Waals surface area contributed by atoms with Crippen molar-refractivity contribution in [2.45, 2.75) is 269 Å². The molecule has 1 amide bonds. The molecular formula is C47H91NO11S. The first kappa shape index (κ1) is 56.9. The van der Waals surface area contributed by atoms with E-state index in [1.807, 2.05) is 0 Å². The van der Waals surface area contributed by atoms with Crippen LogP contribution in [-0.2, 0) is 28.9 Å². The standard InChI is InChI=1S/C47H91NO11S/c1-3-5-7-9-11-13-14-15-16-17-18-19-20-21-22-23-24-25-26-27-29-30-32-34-36-41(50)40(48-43(51)37-35-33-31-28-12-10-8-6-4-2)39-57-47-45(53)46(59-60(54,55)56)44(52)42(38-49)58-47/h28,31,40-42,44-47,49-50,52-53H,3-27,29-30,32-39H2,1-2H3,(H,48,51)(H,54,55,56)/b31-28-. The Kier molecular flexibility index (Phi) is 36.3. The monoisotopic (exact) mass is 878 g/mol. The Bertz CT molecular complexity index is 1130. The number of ether oxygens (including phenoxy) is 2. The first-order valence-corrected chi connectivity index (χ1v) is 25.9. The van der Waals surface area contributed by atoms with Crippen LogP contribution in [0.3, 0.4) is 0 Å². The summed E-state index contributed by atoms with van der Waals surface area (Å²) < 4.78 is 47.6. The van der Waals surface area contributed by atoms with Gasteiger partial charge in [0.05, 0.1) is 25.4 Å². The summed E-state index contributed by atoms with van der Waals surface area (Å²) in [5.41, 5.74) is 0. The summed E-state index contributed by atoms with van der Waals surface area (Å²) in [6.45, 7) is 3.40. The third kappa shape index (κ3) is 30.8. The van der Waals surface area contributed by atoms with E-state index < -0.39 is 59.9 Å². The molecule has 1 aliphatic rings. The van der Waals surface area contributed by atoms with Gasteiger partial charge in [-0.15, -0.1) is 0 Å². The minimum absolute atomic E-state index is 0.245. The third-order valence-electron chi connectivity index (χ3n) is 11.8. The molecule has 0 bridgehead atoms. The van der Waals surface area contributed by atoms with Gasteiger partial charge in [0.2, 0.25) is 5.91 Å². The van der Waals surface area contributed by atoms with Crippen LogP contribution in [0.2, 0.25) is 0 Å². The van der Waals surface area contributed by atoms with Crippen molar-refractivity contribution in [1.82, 2.24) is 5.32 Å². The summed E-state index contributed by atoms with van der Waals surface area (Å²) in [4.78, 5) is 13.0. The van der Waals surface area contributed by atoms with E-state index in [9.17, 15) is 38.2 Å². The van der Waals surface area contributed by atoms with Gasteiger partial charge in [-0.1, -0.05) is 199 Å². The second kappa shape index (κ2) is 38.3. The van der Waals surface area contributed by atoms with Gasteiger partial charge in [-0.25, -0.2) is 4.18 Å². The number of aliphatic hydroxyl groups excluding tert-OH is 4. The number of carbonyl (C=O) groups is 1. The number of nitrogens with one attached hydrogen (secondary N) is 1. The van der Waals surface area contributed by atoms with Crippen molar-refractivity contribution in [2.75, 3.05) is 13.2 Å². The summed E-state index contributed by atoms with van der Waals surface area (Å²) in [7, 11) is -5.07. The average molecular weight is 878 g/mol. The van der Waals surface area contributed by atoms with E-state index in [1.54, 1.807) is 0 Å². The summed E-state index contributed by atoms with van der Waals surface area (Å²) in [5.74, 6) is -0.264. The van der Waals surface area contributed by atoms with Crippen LogP contribution in [-0.4, -0.2) is 95.4 Å². The van der Waals surface area contributed by atoms with Crippen LogP contribution < -0.4 is 5.32 Å². The Labute approximate surface area is 366 Å². The highest BCUT2D eigenvalue weighted by Crippen LogP contribution is 2.26. The quantitative estimate of drug-likeness (QED) is 0.0194. The topological polar surface area (TPSA) is 192 Å². The van der Waals surface area contributed by atoms with Crippen LogP contribution >= 0.6 is 0 Å². The second-order valence-corrected chi connectivity index (χ2v) is 18.5. The molecule has 0 saturated carbocycles. The normalized spacial score (nSPS) is 20.8. The first-order valence-electron chi connectivity index (χ1n) is 24.6. The fourth-order valence-corrected chi connectivity index (χ4v) is 8.50. The van der Waals surface area contributed by atoms with Crippen LogP contribution in [0.25, 0.3) is 0 Å². The Hall–Kier alpha value is -1.16. The van der Waals surface area contributed by atoms with Crippen molar-refractivity contribution in [3.8, 4) is 0 Å². The van der Waals surface area contributed by atoms with E-state index in [4.69, 9.17) is 9.47 Å². The van der Waals surface area contributed by atoms with E-state index >= 15 is 0 Å². The molecule has 1 aliphatic heterocycles. The Balaban J connectivity index is 2.35. The molecule has 60 heavy (non-hydrogen) atoms. The lowest BCUT2D eigenvalue weighted by atomic mass is 9.99. The maximum absolute atomic E-state index is 13.0. The van der Waals surface area contributed by atoms with Gasteiger partial charge in [0.15, 0.2) is 6.29 Å². The molecule has 0 aromatic heterocycles. The Morgan fingerprint density at radius 2 is 1.07 bits per heavy atom. The van der Waals surface area contributed by atoms with E-state index in [0.717, 1.165) is 44.9 Å². The van der Waals surface area contributed by atoms with Crippen molar-refractivity contribution >= 4 is 16.3 Å². The summed E-state index contributed by atoms with van der Waals surface area (Å²) in [6.07, 6.45) is 33.9. The van der Waals surface area contributed by atoms with E-state index in [-0.39, 0.29) is 18.9 Å². The van der Waals surface area contributed by atoms with Gasteiger partial charge >= 0.3 is 10.4 Å². The Morgan fingerprint density at radius 3 is 1.50 bits per heavy atom. The van der Waals surface area contributed by atoms with Crippen LogP contribution in [0.5, 0.6) is 0 Å². The molecule has 12 nitrogen and oxygen atoms in total. The number of aliphatic hydroxyl groups is 4. The molecule has 1 fully saturated rings. The van der Waals surface area contributed by atoms with Crippen LogP contribution in [0.4, 0.5) is 0 Å². The Morgan fingerprint density at radius 1 is 0.650 bits per heavy atom. The number of carbonyl (C=O) groups excluding carboxylic acids is 1. The molecule has 1 saturated heterocycles. The van der Waals surface area contributed by atoms with E-state index in [2.05, 4.69) is 35.5 Å². The van der Waals surface area contributed by atoms with Gasteiger partial charge in [0.25, 0.3) is 0 Å². The van der Waals surface area contributed by atoms with Crippen molar-refractivity contribution in [1.29, 1.82) is 0 Å². The molecule has 1 rings (SSSR count). The van der Waals surface area contributed by atoms with Crippen LogP contribution in [0, 0.1) is 0 Å². The molecule has 1 heterocycles. The highest BCUT2D eigenvalue weighted by Gasteiger charge is 2.48. The molecule has 0 spiro atoms. The molecule has 6 N–H and O–H groups in total. The molecule has 0 radical (unpaired) electrons. The zero-order chi connectivity index (χ0) is 44.1. The summed E-state index contributed by atoms with van der Waals surface area (Å²) >= 11 is 0. The first-order chi connectivity index (χ1) is 29.0. The maximum atomic E-state index is 13.0. The SMILES string of the molecule is CCCCCC/C=C\CCCC(=O)NC(COC1OC(CO)C(O)C(OS(=O)(=O)O)C1O)C(O)CCCCCCCCCCCCCCCCCCCCCCCCCC. The number of allylic oxidation sites excluding steroid dienone is 2. The van der Waals surface area contributed by atoms with E-state index in [0.29, 0.717) is 12.8 Å². The highest BCUT2D eigenvalue weighted by molar-refractivity contribution is 7.80. The van der Waals surface area contributed by atoms with Gasteiger partial charge in [0.1, 0.15) is 24.4 Å². The number of hydrogen-bond donors (Lipinski definition) is 6. The molecule has 0 aliphatic carbocycles. The van der Waals surface area contributed by atoms with E-state index in [1.165, 1.54) is 148 Å². The minimum atomic E-state index is -5.07. The van der Waals surface area contributed by atoms with Gasteiger partial charge in [0, 0.05) is 6.42 Å². The number of hydrogen-bond acceptors (Lipinski definition) is 10. The molecule has 7 unspecified atom stereocenters. The van der Waals surface area contributed by atoms with Crippen molar-refractivity contribution < 1.29 is 51.8 Å². The largest absolute Gasteiger partial charge is 0.397 e. The van der Waals surface area contributed by atoms with Gasteiger partial charge in [-0.3, -0.25) is 9.35 Å². The maximum Gasteiger partial charge on any atom is 0.397 e. The third-order valence-corrected chi connectivity index (χ3v) is 12.3. The smallest absolute Gasteiger partial charge is 0.394 e. The van der Waals surface area contributed by atoms with Gasteiger partial charge < -0.3 is 35.2 Å². The molecule has 0 aromatic rings. The zero-order valence-electron chi connectivity index (χ0n) is 38.0. The predicted octanol–water partition coefficient (Wildman–Crippen LogP) is 9.94. The highest BCUT2D eigenvalue weighted by atomic mass is 32.3. The summed E-state index contributed by atoms with van der Waals surface area (Å²) in [6, 6.07) is -0.868. The number of unbranched alkanes of at least 4 members (excludes halogenated alkanes) is 28.